The van der Waals surface area contributed by atoms with Crippen LogP contribution in [0.4, 0.5) is 0 Å². The molecule has 0 atom stereocenters. The zero-order valence-electron chi connectivity index (χ0n) is 15.7. The molecule has 1 aromatic rings. The Bertz CT molecular complexity index is 718. The summed E-state index contributed by atoms with van der Waals surface area (Å²) >= 11 is 0. The van der Waals surface area contributed by atoms with Gasteiger partial charge < -0.3 is 14.8 Å². The molecule has 0 unspecified atom stereocenters. The molecule has 0 radical (unpaired) electrons. The van der Waals surface area contributed by atoms with Crippen molar-refractivity contribution < 1.29 is 19.5 Å². The molecule has 1 aliphatic carbocycles. The fourth-order valence-electron chi connectivity index (χ4n) is 2.45. The number of aryl methyl sites for hydroxylation is 1. The third-order valence-corrected chi connectivity index (χ3v) is 4.25. The van der Waals surface area contributed by atoms with Gasteiger partial charge in [-0.05, 0) is 45.0 Å². The quantitative estimate of drug-likeness (QED) is 0.550. The molecule has 1 fully saturated rings. The van der Waals surface area contributed by atoms with Crippen LogP contribution in [0.3, 0.4) is 0 Å². The zero-order valence-corrected chi connectivity index (χ0v) is 15.7. The van der Waals surface area contributed by atoms with E-state index in [0.717, 1.165) is 11.8 Å². The summed E-state index contributed by atoms with van der Waals surface area (Å²) in [5.41, 5.74) is 1.23. The number of rotatable bonds is 8. The van der Waals surface area contributed by atoms with Crippen LogP contribution < -0.4 is 0 Å². The van der Waals surface area contributed by atoms with Crippen LogP contribution in [-0.4, -0.2) is 65.3 Å². The SMILES string of the molecule is C=CC(=O)N(CCN(C)CC(=O)O)C1(C=O)CC1.Cc1ccc(C#N)cc1. The number of aliphatic carboxylic acids is 1. The lowest BCUT2D eigenvalue weighted by Gasteiger charge is -2.28. The average Bonchev–Trinajstić information content (AvgIpc) is 3.43. The highest BCUT2D eigenvalue weighted by molar-refractivity contribution is 5.91. The van der Waals surface area contributed by atoms with Gasteiger partial charge in [0, 0.05) is 13.1 Å². The Kier molecular flexibility index (Phi) is 8.36. The first-order valence-electron chi connectivity index (χ1n) is 8.55. The first-order chi connectivity index (χ1) is 12.8. The van der Waals surface area contributed by atoms with E-state index in [4.69, 9.17) is 10.4 Å². The van der Waals surface area contributed by atoms with Crippen molar-refractivity contribution in [3.8, 4) is 6.07 Å². The molecular formula is C20H25N3O4. The number of amides is 1. The van der Waals surface area contributed by atoms with Gasteiger partial charge in [0.25, 0.3) is 0 Å². The monoisotopic (exact) mass is 371 g/mol. The maximum atomic E-state index is 11.7. The summed E-state index contributed by atoms with van der Waals surface area (Å²) in [4.78, 5) is 36.3. The van der Waals surface area contributed by atoms with E-state index in [9.17, 15) is 14.4 Å². The smallest absolute Gasteiger partial charge is 0.317 e. The Hall–Kier alpha value is -2.98. The molecule has 7 heteroatoms. The summed E-state index contributed by atoms with van der Waals surface area (Å²) in [6.45, 7) is 6.06. The third kappa shape index (κ3) is 7.04. The molecule has 1 N–H and O–H groups in total. The molecule has 1 amide bonds. The van der Waals surface area contributed by atoms with Gasteiger partial charge in [-0.25, -0.2) is 0 Å². The van der Waals surface area contributed by atoms with E-state index in [-0.39, 0.29) is 12.5 Å². The summed E-state index contributed by atoms with van der Waals surface area (Å²) in [5, 5.41) is 17.0. The first-order valence-corrected chi connectivity index (χ1v) is 8.55. The number of likely N-dealkylation sites (N-methyl/N-ethyl adjacent to an activating group) is 1. The van der Waals surface area contributed by atoms with Gasteiger partial charge in [-0.15, -0.1) is 0 Å². The summed E-state index contributed by atoms with van der Waals surface area (Å²) in [7, 11) is 1.66. The van der Waals surface area contributed by atoms with Gasteiger partial charge in [-0.1, -0.05) is 24.3 Å². The second kappa shape index (κ2) is 10.2. The summed E-state index contributed by atoms with van der Waals surface area (Å²) in [5.74, 6) is -1.21. The molecule has 144 valence electrons. The van der Waals surface area contributed by atoms with Crippen molar-refractivity contribution >= 4 is 18.2 Å². The molecule has 0 aliphatic heterocycles. The highest BCUT2D eigenvalue weighted by Crippen LogP contribution is 2.39. The van der Waals surface area contributed by atoms with Gasteiger partial charge in [-0.2, -0.15) is 5.26 Å². The lowest BCUT2D eigenvalue weighted by molar-refractivity contribution is -0.138. The van der Waals surface area contributed by atoms with Crippen molar-refractivity contribution in [3.63, 3.8) is 0 Å². The highest BCUT2D eigenvalue weighted by Gasteiger charge is 2.49. The minimum atomic E-state index is -0.921. The Balaban J connectivity index is 0.000000337. The van der Waals surface area contributed by atoms with Gasteiger partial charge in [-0.3, -0.25) is 14.5 Å². The number of benzene rings is 1. The van der Waals surface area contributed by atoms with Crippen LogP contribution in [0, 0.1) is 18.3 Å². The van der Waals surface area contributed by atoms with E-state index in [0.29, 0.717) is 25.9 Å². The number of aldehydes is 1. The Morgan fingerprint density at radius 1 is 1.30 bits per heavy atom. The van der Waals surface area contributed by atoms with Crippen molar-refractivity contribution in [3.05, 3.63) is 48.0 Å². The zero-order chi connectivity index (χ0) is 20.4. The van der Waals surface area contributed by atoms with E-state index in [1.165, 1.54) is 16.5 Å². The molecular weight excluding hydrogens is 346 g/mol. The molecule has 27 heavy (non-hydrogen) atoms. The lowest BCUT2D eigenvalue weighted by atomic mass is 10.2. The highest BCUT2D eigenvalue weighted by atomic mass is 16.4. The standard InChI is InChI=1S/C12H18N2O4.C8H7N/c1-3-10(16)14(12(9-15)4-5-12)7-6-13(2)8-11(17)18;1-7-2-4-8(6-9)5-3-7/h3,9H,1,4-8H2,2H3,(H,17,18);2-5H,1H3. The molecule has 0 bridgehead atoms. The van der Waals surface area contributed by atoms with Crippen LogP contribution in [0.15, 0.2) is 36.9 Å². The second-order valence-corrected chi connectivity index (χ2v) is 6.52. The second-order valence-electron chi connectivity index (χ2n) is 6.52. The van der Waals surface area contributed by atoms with E-state index >= 15 is 0 Å². The molecule has 2 rings (SSSR count). The van der Waals surface area contributed by atoms with Crippen molar-refractivity contribution in [1.29, 1.82) is 5.26 Å². The van der Waals surface area contributed by atoms with Gasteiger partial charge in [0.15, 0.2) is 0 Å². The number of carboxylic acids is 1. The Morgan fingerprint density at radius 3 is 2.30 bits per heavy atom. The number of carbonyl (C=O) groups excluding carboxylic acids is 2. The predicted molar refractivity (Wildman–Crippen MR) is 101 cm³/mol. The molecule has 0 saturated heterocycles. The Labute approximate surface area is 159 Å². The molecule has 1 aliphatic rings. The molecule has 0 spiro atoms. The first kappa shape index (κ1) is 22.1. The van der Waals surface area contributed by atoms with Crippen molar-refractivity contribution in [2.24, 2.45) is 0 Å². The Morgan fingerprint density at radius 2 is 1.89 bits per heavy atom. The van der Waals surface area contributed by atoms with Gasteiger partial charge in [0.05, 0.1) is 23.7 Å². The molecule has 0 aromatic heterocycles. The van der Waals surface area contributed by atoms with Crippen molar-refractivity contribution in [2.45, 2.75) is 25.3 Å². The van der Waals surface area contributed by atoms with Crippen molar-refractivity contribution in [2.75, 3.05) is 26.7 Å². The van der Waals surface area contributed by atoms with E-state index < -0.39 is 11.5 Å². The largest absolute Gasteiger partial charge is 0.480 e. The lowest BCUT2D eigenvalue weighted by Crippen LogP contribution is -2.46. The third-order valence-electron chi connectivity index (χ3n) is 4.25. The molecule has 7 nitrogen and oxygen atoms in total. The maximum absolute atomic E-state index is 11.7. The topological polar surface area (TPSA) is 102 Å². The number of hydrogen-bond acceptors (Lipinski definition) is 5. The van der Waals surface area contributed by atoms with Gasteiger partial charge in [0.1, 0.15) is 6.29 Å². The predicted octanol–water partition coefficient (Wildman–Crippen LogP) is 1.62. The fraction of sp³-hybridized carbons (Fsp3) is 0.400. The normalized spacial score (nSPS) is 13.6. The van der Waals surface area contributed by atoms with E-state index in [1.54, 1.807) is 11.9 Å². The van der Waals surface area contributed by atoms with Gasteiger partial charge >= 0.3 is 5.97 Å². The maximum Gasteiger partial charge on any atom is 0.317 e. The number of carbonyl (C=O) groups is 3. The van der Waals surface area contributed by atoms with Crippen LogP contribution in [0.25, 0.3) is 0 Å². The minimum absolute atomic E-state index is 0.0930. The number of nitrogens with zero attached hydrogens (tertiary/aromatic N) is 3. The minimum Gasteiger partial charge on any atom is -0.480 e. The summed E-state index contributed by atoms with van der Waals surface area (Å²) in [6.07, 6.45) is 3.31. The fourth-order valence-corrected chi connectivity index (χ4v) is 2.45. The number of carboxylic acid groups (broad SMARTS) is 1. The number of nitriles is 1. The molecule has 0 heterocycles. The van der Waals surface area contributed by atoms with Crippen LogP contribution in [0.1, 0.15) is 24.0 Å². The number of hydrogen-bond donors (Lipinski definition) is 1. The van der Waals surface area contributed by atoms with E-state index in [2.05, 4.69) is 12.6 Å². The van der Waals surface area contributed by atoms with Gasteiger partial charge in [0.2, 0.25) is 5.91 Å². The van der Waals surface area contributed by atoms with Crippen LogP contribution in [0.2, 0.25) is 0 Å². The van der Waals surface area contributed by atoms with Crippen LogP contribution >= 0.6 is 0 Å². The van der Waals surface area contributed by atoms with Crippen LogP contribution in [0.5, 0.6) is 0 Å². The molecule has 1 saturated carbocycles. The van der Waals surface area contributed by atoms with Crippen molar-refractivity contribution in [1.82, 2.24) is 9.80 Å². The van der Waals surface area contributed by atoms with Crippen LogP contribution in [-0.2, 0) is 14.4 Å². The van der Waals surface area contributed by atoms with E-state index in [1.807, 2.05) is 31.2 Å². The summed E-state index contributed by atoms with van der Waals surface area (Å²) < 4.78 is 0. The summed E-state index contributed by atoms with van der Waals surface area (Å²) in [6, 6.07) is 9.54. The average molecular weight is 371 g/mol. The molecule has 1 aromatic carbocycles.